The average Bonchev–Trinajstić information content (AvgIpc) is 3.16. The zero-order chi connectivity index (χ0) is 20.4. The molecule has 3 heterocycles. The molecular formula is C21H22BrN5O2. The van der Waals surface area contributed by atoms with E-state index in [4.69, 9.17) is 4.74 Å². The minimum absolute atomic E-state index is 0.0125. The van der Waals surface area contributed by atoms with Crippen LogP contribution in [0.1, 0.15) is 37.0 Å². The summed E-state index contributed by atoms with van der Waals surface area (Å²) in [6, 6.07) is 11.0. The van der Waals surface area contributed by atoms with Gasteiger partial charge in [0.2, 0.25) is 0 Å². The maximum atomic E-state index is 13.0. The number of hydrogen-bond donors (Lipinski definition) is 1. The highest BCUT2D eigenvalue weighted by atomic mass is 79.9. The summed E-state index contributed by atoms with van der Waals surface area (Å²) in [7, 11) is 0. The number of hydrogen-bond acceptors (Lipinski definition) is 5. The summed E-state index contributed by atoms with van der Waals surface area (Å²) in [4.78, 5) is 17.6. The number of benzene rings is 1. The molecule has 1 N–H and O–H groups in total. The van der Waals surface area contributed by atoms with E-state index < -0.39 is 0 Å². The Labute approximate surface area is 177 Å². The van der Waals surface area contributed by atoms with E-state index in [9.17, 15) is 4.79 Å². The van der Waals surface area contributed by atoms with E-state index >= 15 is 0 Å². The average molecular weight is 456 g/mol. The van der Waals surface area contributed by atoms with E-state index in [1.807, 2.05) is 28.8 Å². The summed E-state index contributed by atoms with van der Waals surface area (Å²) in [5, 5.41) is 11.1. The topological polar surface area (TPSA) is 81.9 Å². The molecule has 29 heavy (non-hydrogen) atoms. The van der Waals surface area contributed by atoms with Crippen LogP contribution in [0.25, 0.3) is 11.5 Å². The molecule has 1 aliphatic heterocycles. The van der Waals surface area contributed by atoms with Gasteiger partial charge < -0.3 is 14.6 Å². The van der Waals surface area contributed by atoms with Gasteiger partial charge in [-0.2, -0.15) is 0 Å². The molecule has 0 fully saturated rings. The number of fused-ring (bicyclic) bond motifs is 5. The highest BCUT2D eigenvalue weighted by Crippen LogP contribution is 2.28. The Kier molecular flexibility index (Phi) is 5.62. The molecule has 1 aromatic carbocycles. The second-order valence-corrected chi connectivity index (χ2v) is 8.31. The smallest absolute Gasteiger partial charge is 0.260 e. The Hall–Kier alpha value is -2.74. The summed E-state index contributed by atoms with van der Waals surface area (Å²) >= 11 is 3.45. The van der Waals surface area contributed by atoms with E-state index in [2.05, 4.69) is 50.3 Å². The number of halogens is 1. The molecule has 0 radical (unpaired) electrons. The molecule has 150 valence electrons. The first-order valence-corrected chi connectivity index (χ1v) is 10.4. The van der Waals surface area contributed by atoms with E-state index in [1.165, 1.54) is 0 Å². The normalized spacial score (nSPS) is 17.0. The number of carbonyl (C=O) groups is 1. The second-order valence-electron chi connectivity index (χ2n) is 7.39. The number of amides is 1. The maximum Gasteiger partial charge on any atom is 0.260 e. The third-order valence-electron chi connectivity index (χ3n) is 4.93. The van der Waals surface area contributed by atoms with Crippen LogP contribution in [-0.4, -0.2) is 31.8 Å². The molecule has 8 heteroatoms. The van der Waals surface area contributed by atoms with Crippen LogP contribution in [0, 0.1) is 5.92 Å². The SMILES string of the molecule is CC(C)[C@@H]1CCCn2cnnc2-c2cccc(n2)NC(=O)c2cc(Br)ccc2O1. The van der Waals surface area contributed by atoms with Gasteiger partial charge in [-0.15, -0.1) is 10.2 Å². The molecule has 0 saturated heterocycles. The van der Waals surface area contributed by atoms with E-state index in [1.54, 1.807) is 18.5 Å². The molecule has 3 aromatic rings. The van der Waals surface area contributed by atoms with Crippen LogP contribution in [-0.2, 0) is 6.54 Å². The first-order chi connectivity index (χ1) is 14.0. The molecule has 2 aromatic heterocycles. The zero-order valence-electron chi connectivity index (χ0n) is 16.3. The Bertz CT molecular complexity index is 1030. The van der Waals surface area contributed by atoms with Crippen LogP contribution in [0.2, 0.25) is 0 Å². The fraction of sp³-hybridized carbons (Fsp3) is 0.333. The van der Waals surface area contributed by atoms with Crippen LogP contribution < -0.4 is 10.1 Å². The van der Waals surface area contributed by atoms with Crippen LogP contribution >= 0.6 is 15.9 Å². The lowest BCUT2D eigenvalue weighted by molar-refractivity contribution is 0.100. The lowest BCUT2D eigenvalue weighted by Crippen LogP contribution is -2.25. The predicted molar refractivity (Wildman–Crippen MR) is 114 cm³/mol. The van der Waals surface area contributed by atoms with Crippen molar-refractivity contribution in [2.75, 3.05) is 5.32 Å². The minimum atomic E-state index is -0.271. The van der Waals surface area contributed by atoms with Crippen molar-refractivity contribution in [3.63, 3.8) is 0 Å². The monoisotopic (exact) mass is 455 g/mol. The first-order valence-electron chi connectivity index (χ1n) is 9.64. The molecule has 0 aliphatic carbocycles. The number of nitrogens with one attached hydrogen (secondary N) is 1. The Morgan fingerprint density at radius 1 is 1.28 bits per heavy atom. The van der Waals surface area contributed by atoms with Crippen LogP contribution in [0.5, 0.6) is 5.75 Å². The largest absolute Gasteiger partial charge is 0.489 e. The first kappa shape index (κ1) is 19.6. The van der Waals surface area contributed by atoms with Crippen LogP contribution in [0.4, 0.5) is 5.82 Å². The van der Waals surface area contributed by atoms with Gasteiger partial charge in [-0.05, 0) is 49.1 Å². The predicted octanol–water partition coefficient (Wildman–Crippen LogP) is 4.55. The minimum Gasteiger partial charge on any atom is -0.489 e. The van der Waals surface area contributed by atoms with Crippen LogP contribution in [0.15, 0.2) is 47.2 Å². The van der Waals surface area contributed by atoms with Crippen molar-refractivity contribution in [3.05, 3.63) is 52.8 Å². The highest BCUT2D eigenvalue weighted by Gasteiger charge is 2.21. The summed E-state index contributed by atoms with van der Waals surface area (Å²) in [6.45, 7) is 5.02. The van der Waals surface area contributed by atoms with Crippen molar-refractivity contribution < 1.29 is 9.53 Å². The van der Waals surface area contributed by atoms with Gasteiger partial charge in [-0.1, -0.05) is 35.8 Å². The van der Waals surface area contributed by atoms with E-state index in [-0.39, 0.29) is 12.0 Å². The zero-order valence-corrected chi connectivity index (χ0v) is 17.9. The number of aryl methyl sites for hydroxylation is 1. The number of anilines is 1. The molecule has 1 amide bonds. The van der Waals surface area contributed by atoms with Gasteiger partial charge in [0.25, 0.3) is 5.91 Å². The number of aromatic nitrogens is 4. The summed E-state index contributed by atoms with van der Waals surface area (Å²) in [5.41, 5.74) is 1.14. The van der Waals surface area contributed by atoms with Gasteiger partial charge in [0.15, 0.2) is 5.82 Å². The van der Waals surface area contributed by atoms with Gasteiger partial charge in [0.05, 0.1) is 5.56 Å². The quantitative estimate of drug-likeness (QED) is 0.581. The molecular weight excluding hydrogens is 434 g/mol. The number of carbonyl (C=O) groups excluding carboxylic acids is 1. The summed E-state index contributed by atoms with van der Waals surface area (Å²) in [6.07, 6.45) is 3.44. The summed E-state index contributed by atoms with van der Waals surface area (Å²) in [5.74, 6) is 1.74. The maximum absolute atomic E-state index is 13.0. The molecule has 0 saturated carbocycles. The van der Waals surface area contributed by atoms with Crippen molar-refractivity contribution in [1.29, 1.82) is 0 Å². The molecule has 0 spiro atoms. The van der Waals surface area contributed by atoms with E-state index in [0.717, 1.165) is 23.9 Å². The van der Waals surface area contributed by atoms with Crippen molar-refractivity contribution >= 4 is 27.7 Å². The highest BCUT2D eigenvalue weighted by molar-refractivity contribution is 9.10. The van der Waals surface area contributed by atoms with Gasteiger partial charge in [0, 0.05) is 11.0 Å². The molecule has 2 bridgehead atoms. The number of pyridine rings is 1. The Morgan fingerprint density at radius 3 is 2.97 bits per heavy atom. The Morgan fingerprint density at radius 2 is 2.14 bits per heavy atom. The lowest BCUT2D eigenvalue weighted by atomic mass is 10.0. The Balaban J connectivity index is 1.78. The summed E-state index contributed by atoms with van der Waals surface area (Å²) < 4.78 is 9.11. The van der Waals surface area contributed by atoms with Gasteiger partial charge in [-0.3, -0.25) is 4.79 Å². The van der Waals surface area contributed by atoms with Crippen molar-refractivity contribution in [1.82, 2.24) is 19.7 Å². The van der Waals surface area contributed by atoms with Crippen molar-refractivity contribution in [3.8, 4) is 17.3 Å². The molecule has 7 nitrogen and oxygen atoms in total. The number of ether oxygens (including phenoxy) is 1. The number of nitrogens with zero attached hydrogens (tertiary/aromatic N) is 4. The molecule has 1 aliphatic rings. The molecule has 0 unspecified atom stereocenters. The van der Waals surface area contributed by atoms with Crippen molar-refractivity contribution in [2.24, 2.45) is 5.92 Å². The van der Waals surface area contributed by atoms with Gasteiger partial charge >= 0.3 is 0 Å². The van der Waals surface area contributed by atoms with E-state index in [0.29, 0.717) is 34.6 Å². The second kappa shape index (κ2) is 8.32. The standard InChI is InChI=1S/C21H22BrN5O2/c1-13(2)17-6-4-10-27-12-23-26-20(27)16-5-3-7-19(24-16)25-21(28)15-11-14(22)8-9-18(15)29-17/h3,5,7-9,11-13,17H,4,6,10H2,1-2H3,(H,24,25,28)/t17-/m0/s1. The van der Waals surface area contributed by atoms with Gasteiger partial charge in [-0.25, -0.2) is 4.98 Å². The molecule has 1 atom stereocenters. The fourth-order valence-electron chi connectivity index (χ4n) is 3.37. The van der Waals surface area contributed by atoms with Crippen LogP contribution in [0.3, 0.4) is 0 Å². The fourth-order valence-corrected chi connectivity index (χ4v) is 3.73. The third-order valence-corrected chi connectivity index (χ3v) is 5.42. The third kappa shape index (κ3) is 4.32. The molecule has 4 rings (SSSR count). The van der Waals surface area contributed by atoms with Gasteiger partial charge in [0.1, 0.15) is 29.7 Å². The lowest BCUT2D eigenvalue weighted by Gasteiger charge is -2.24. The number of rotatable bonds is 1. The van der Waals surface area contributed by atoms with Crippen molar-refractivity contribution in [2.45, 2.75) is 39.3 Å².